The average Bonchev–Trinajstić information content (AvgIpc) is 2.20. The summed E-state index contributed by atoms with van der Waals surface area (Å²) in [6.07, 6.45) is 0. The molecule has 0 aliphatic carbocycles. The Morgan fingerprint density at radius 2 is 2.00 bits per heavy atom. The van der Waals surface area contributed by atoms with Crippen LogP contribution in [0.3, 0.4) is 0 Å². The lowest BCUT2D eigenvalue weighted by Gasteiger charge is -2.24. The number of rotatable bonds is 4. The normalized spacial score (nSPS) is 12.8. The summed E-state index contributed by atoms with van der Waals surface area (Å²) in [4.78, 5) is -0.0565. The molecule has 1 aromatic rings. The molecule has 1 aromatic carbocycles. The van der Waals surface area contributed by atoms with Crippen molar-refractivity contribution in [3.8, 4) is 0 Å². The van der Waals surface area contributed by atoms with Crippen molar-refractivity contribution in [3.05, 3.63) is 29.6 Å². The van der Waals surface area contributed by atoms with Crippen LogP contribution in [-0.4, -0.2) is 20.5 Å². The van der Waals surface area contributed by atoms with Gasteiger partial charge < -0.3 is 5.73 Å². The molecule has 3 N–H and O–H groups in total. The van der Waals surface area contributed by atoms with E-state index in [-0.39, 0.29) is 17.0 Å². The van der Waals surface area contributed by atoms with Gasteiger partial charge in [0.15, 0.2) is 0 Å². The SMILES string of the molecule is Cc1c(F)cccc1S(=O)(=O)NC(C)(C)CN. The lowest BCUT2D eigenvalue weighted by molar-refractivity contribution is 0.462. The van der Waals surface area contributed by atoms with E-state index >= 15 is 0 Å². The van der Waals surface area contributed by atoms with Gasteiger partial charge in [-0.2, -0.15) is 0 Å². The zero-order valence-corrected chi connectivity index (χ0v) is 10.9. The largest absolute Gasteiger partial charge is 0.329 e. The van der Waals surface area contributed by atoms with E-state index in [9.17, 15) is 12.8 Å². The van der Waals surface area contributed by atoms with E-state index in [2.05, 4.69) is 4.72 Å². The molecule has 0 aromatic heterocycles. The smallest absolute Gasteiger partial charge is 0.241 e. The monoisotopic (exact) mass is 260 g/mol. The van der Waals surface area contributed by atoms with Crippen molar-refractivity contribution in [2.75, 3.05) is 6.54 Å². The molecule has 0 unspecified atom stereocenters. The Balaban J connectivity index is 3.19. The molecule has 6 heteroatoms. The Morgan fingerprint density at radius 1 is 1.41 bits per heavy atom. The summed E-state index contributed by atoms with van der Waals surface area (Å²) in [5, 5.41) is 0. The molecular formula is C11H17FN2O2S. The van der Waals surface area contributed by atoms with Gasteiger partial charge in [-0.3, -0.25) is 0 Å². The van der Waals surface area contributed by atoms with Crippen LogP contribution in [0.15, 0.2) is 23.1 Å². The second-order valence-corrected chi connectivity index (χ2v) is 6.21. The first-order chi connectivity index (χ1) is 7.69. The van der Waals surface area contributed by atoms with Gasteiger partial charge in [0.05, 0.1) is 4.90 Å². The predicted molar refractivity (Wildman–Crippen MR) is 64.6 cm³/mol. The molecule has 0 heterocycles. The molecule has 0 amide bonds. The van der Waals surface area contributed by atoms with Crippen molar-refractivity contribution in [2.24, 2.45) is 5.73 Å². The third-order valence-corrected chi connectivity index (χ3v) is 4.27. The summed E-state index contributed by atoms with van der Waals surface area (Å²) in [6.45, 7) is 4.91. The van der Waals surface area contributed by atoms with Crippen LogP contribution in [0.2, 0.25) is 0 Å². The van der Waals surface area contributed by atoms with Crippen LogP contribution in [0.5, 0.6) is 0 Å². The summed E-state index contributed by atoms with van der Waals surface area (Å²) in [5.41, 5.74) is 4.80. The molecule has 0 atom stereocenters. The highest BCUT2D eigenvalue weighted by Gasteiger charge is 2.26. The molecule has 0 saturated heterocycles. The molecule has 0 spiro atoms. The topological polar surface area (TPSA) is 72.2 Å². The highest BCUT2D eigenvalue weighted by atomic mass is 32.2. The number of benzene rings is 1. The number of hydrogen-bond acceptors (Lipinski definition) is 3. The predicted octanol–water partition coefficient (Wildman–Crippen LogP) is 1.15. The van der Waals surface area contributed by atoms with Crippen LogP contribution in [0, 0.1) is 12.7 Å². The zero-order valence-electron chi connectivity index (χ0n) is 10.1. The molecule has 0 aliphatic heterocycles. The highest BCUT2D eigenvalue weighted by molar-refractivity contribution is 7.89. The summed E-state index contributed by atoms with van der Waals surface area (Å²) in [5.74, 6) is -0.543. The maximum absolute atomic E-state index is 13.3. The second kappa shape index (κ2) is 4.72. The fourth-order valence-electron chi connectivity index (χ4n) is 1.34. The third kappa shape index (κ3) is 3.24. The zero-order chi connectivity index (χ0) is 13.3. The molecule has 1 rings (SSSR count). The van der Waals surface area contributed by atoms with Crippen LogP contribution >= 0.6 is 0 Å². The van der Waals surface area contributed by atoms with E-state index in [1.165, 1.54) is 25.1 Å². The molecule has 0 saturated carbocycles. The standard InChI is InChI=1S/C11H17FN2O2S/c1-8-9(12)5-4-6-10(8)17(15,16)14-11(2,3)7-13/h4-6,14H,7,13H2,1-3H3. The van der Waals surface area contributed by atoms with E-state index < -0.39 is 21.4 Å². The van der Waals surface area contributed by atoms with Gasteiger partial charge in [0.25, 0.3) is 0 Å². The van der Waals surface area contributed by atoms with Gasteiger partial charge in [-0.25, -0.2) is 17.5 Å². The van der Waals surface area contributed by atoms with E-state index in [0.717, 1.165) is 0 Å². The van der Waals surface area contributed by atoms with Crippen molar-refractivity contribution in [3.63, 3.8) is 0 Å². The van der Waals surface area contributed by atoms with Crippen molar-refractivity contribution < 1.29 is 12.8 Å². The quantitative estimate of drug-likeness (QED) is 0.853. The molecule has 0 aliphatic rings. The Labute approximate surface area is 101 Å². The minimum Gasteiger partial charge on any atom is -0.329 e. The van der Waals surface area contributed by atoms with Gasteiger partial charge in [0.2, 0.25) is 10.0 Å². The molecule has 17 heavy (non-hydrogen) atoms. The van der Waals surface area contributed by atoms with Crippen LogP contribution in [0.25, 0.3) is 0 Å². The fourth-order valence-corrected chi connectivity index (χ4v) is 3.02. The molecule has 0 fully saturated rings. The van der Waals surface area contributed by atoms with Gasteiger partial charge in [0.1, 0.15) is 5.82 Å². The second-order valence-electron chi connectivity index (χ2n) is 4.56. The van der Waals surface area contributed by atoms with Gasteiger partial charge >= 0.3 is 0 Å². The first-order valence-corrected chi connectivity index (χ1v) is 6.67. The molecular weight excluding hydrogens is 243 g/mol. The summed E-state index contributed by atoms with van der Waals surface area (Å²) in [7, 11) is -3.75. The number of hydrogen-bond donors (Lipinski definition) is 2. The van der Waals surface area contributed by atoms with Crippen molar-refractivity contribution in [2.45, 2.75) is 31.2 Å². The molecule has 0 bridgehead atoms. The fraction of sp³-hybridized carbons (Fsp3) is 0.455. The summed E-state index contributed by atoms with van der Waals surface area (Å²) < 4.78 is 39.8. The first kappa shape index (κ1) is 14.1. The number of sulfonamides is 1. The van der Waals surface area contributed by atoms with Gasteiger partial charge in [-0.15, -0.1) is 0 Å². The van der Waals surface area contributed by atoms with Gasteiger partial charge in [0, 0.05) is 17.6 Å². The van der Waals surface area contributed by atoms with Crippen molar-refractivity contribution in [1.29, 1.82) is 0 Å². The Kier molecular flexibility index (Phi) is 3.91. The van der Waals surface area contributed by atoms with E-state index in [0.29, 0.717) is 0 Å². The van der Waals surface area contributed by atoms with Gasteiger partial charge in [-0.05, 0) is 32.9 Å². The Hall–Kier alpha value is -0.980. The average molecular weight is 260 g/mol. The van der Waals surface area contributed by atoms with Crippen LogP contribution < -0.4 is 10.5 Å². The highest BCUT2D eigenvalue weighted by Crippen LogP contribution is 2.19. The maximum atomic E-state index is 13.3. The minimum absolute atomic E-state index is 0.0565. The number of nitrogens with two attached hydrogens (primary N) is 1. The lowest BCUT2D eigenvalue weighted by atomic mass is 10.1. The van der Waals surface area contributed by atoms with E-state index in [4.69, 9.17) is 5.73 Å². The summed E-state index contributed by atoms with van der Waals surface area (Å²) >= 11 is 0. The van der Waals surface area contributed by atoms with Crippen LogP contribution in [-0.2, 0) is 10.0 Å². The molecule has 96 valence electrons. The first-order valence-electron chi connectivity index (χ1n) is 5.19. The molecule has 0 radical (unpaired) electrons. The van der Waals surface area contributed by atoms with E-state index in [1.54, 1.807) is 13.8 Å². The number of nitrogens with one attached hydrogen (secondary N) is 1. The van der Waals surface area contributed by atoms with Crippen molar-refractivity contribution >= 4 is 10.0 Å². The Morgan fingerprint density at radius 3 is 2.53 bits per heavy atom. The van der Waals surface area contributed by atoms with Crippen LogP contribution in [0.1, 0.15) is 19.4 Å². The third-order valence-electron chi connectivity index (χ3n) is 2.43. The van der Waals surface area contributed by atoms with Crippen molar-refractivity contribution in [1.82, 2.24) is 4.72 Å². The maximum Gasteiger partial charge on any atom is 0.241 e. The molecule has 4 nitrogen and oxygen atoms in total. The summed E-state index contributed by atoms with van der Waals surface area (Å²) in [6, 6.07) is 3.96. The number of halogens is 1. The van der Waals surface area contributed by atoms with Gasteiger partial charge in [-0.1, -0.05) is 6.07 Å². The Bertz CT molecular complexity index is 512. The van der Waals surface area contributed by atoms with Crippen LogP contribution in [0.4, 0.5) is 4.39 Å². The lowest BCUT2D eigenvalue weighted by Crippen LogP contribution is -2.48. The van der Waals surface area contributed by atoms with E-state index in [1.807, 2.05) is 0 Å². The minimum atomic E-state index is -3.75.